The van der Waals surface area contributed by atoms with Crippen molar-refractivity contribution in [3.63, 3.8) is 0 Å². The molecule has 14 unspecified atom stereocenters. The Bertz CT molecular complexity index is 741. The topological polar surface area (TPSA) is 291 Å². The summed E-state index contributed by atoms with van der Waals surface area (Å²) in [5.41, 5.74) is 23.4. The highest BCUT2D eigenvalue weighted by Crippen LogP contribution is 2.32. The molecule has 0 aromatic heterocycles. The molecule has 1 aliphatic carbocycles. The molecule has 2 saturated heterocycles. The normalized spacial score (nSPS) is 45.5. The zero-order chi connectivity index (χ0) is 27.4. The van der Waals surface area contributed by atoms with Crippen molar-refractivity contribution in [3.05, 3.63) is 0 Å². The van der Waals surface area contributed by atoms with Crippen LogP contribution in [0, 0.1) is 0 Å². The van der Waals surface area contributed by atoms with Gasteiger partial charge in [0.2, 0.25) is 5.91 Å². The van der Waals surface area contributed by atoms with Crippen LogP contribution in [-0.4, -0.2) is 142 Å². The fraction of sp³-hybridized carbons (Fsp3) is 0.952. The Hall–Kier alpha value is -1.09. The molecule has 2 aliphatic heterocycles. The SMILES string of the molecule is NCCC(O)C(=O)NC1CC(N)C(OC2OC(CN)CC(O)C2N)C(O)C1OC1OC(CO)C(O)C1O. The number of aliphatic hydroxyl groups excluding tert-OH is 6. The summed E-state index contributed by atoms with van der Waals surface area (Å²) in [7, 11) is 0. The van der Waals surface area contributed by atoms with Gasteiger partial charge in [-0.05, 0) is 19.4 Å². The molecule has 16 heteroatoms. The van der Waals surface area contributed by atoms with Crippen LogP contribution in [-0.2, 0) is 23.7 Å². The van der Waals surface area contributed by atoms with Crippen molar-refractivity contribution >= 4 is 5.91 Å². The second-order valence-electron chi connectivity index (χ2n) is 9.75. The highest BCUT2D eigenvalue weighted by molar-refractivity contribution is 5.80. The number of carbonyl (C=O) groups is 1. The van der Waals surface area contributed by atoms with Crippen molar-refractivity contribution in [2.24, 2.45) is 22.9 Å². The Morgan fingerprint density at radius 3 is 2.24 bits per heavy atom. The van der Waals surface area contributed by atoms with E-state index in [1.54, 1.807) is 0 Å². The van der Waals surface area contributed by atoms with Crippen LogP contribution in [0.15, 0.2) is 0 Å². The molecule has 0 aromatic carbocycles. The molecule has 2 heterocycles. The van der Waals surface area contributed by atoms with E-state index in [4.69, 9.17) is 41.9 Å². The summed E-state index contributed by atoms with van der Waals surface area (Å²) in [6.07, 6.45) is -13.7. The minimum absolute atomic E-state index is 0.0131. The molecule has 216 valence electrons. The van der Waals surface area contributed by atoms with Crippen molar-refractivity contribution in [2.45, 2.75) is 105 Å². The van der Waals surface area contributed by atoms with E-state index in [-0.39, 0.29) is 32.4 Å². The monoisotopic (exact) mass is 539 g/mol. The number of amides is 1. The maximum Gasteiger partial charge on any atom is 0.249 e. The van der Waals surface area contributed by atoms with E-state index in [1.165, 1.54) is 0 Å². The Morgan fingerprint density at radius 2 is 1.65 bits per heavy atom. The van der Waals surface area contributed by atoms with Crippen molar-refractivity contribution < 1.29 is 54.4 Å². The fourth-order valence-electron chi connectivity index (χ4n) is 4.81. The van der Waals surface area contributed by atoms with Gasteiger partial charge in [0.05, 0.1) is 30.9 Å². The van der Waals surface area contributed by atoms with Crippen LogP contribution in [0.3, 0.4) is 0 Å². The largest absolute Gasteiger partial charge is 0.394 e. The molecule has 16 nitrogen and oxygen atoms in total. The van der Waals surface area contributed by atoms with Crippen LogP contribution in [0.2, 0.25) is 0 Å². The average molecular weight is 540 g/mol. The molecular weight excluding hydrogens is 498 g/mol. The molecule has 15 N–H and O–H groups in total. The molecule has 3 rings (SSSR count). The predicted molar refractivity (Wildman–Crippen MR) is 124 cm³/mol. The zero-order valence-corrected chi connectivity index (χ0v) is 20.4. The number of rotatable bonds is 10. The van der Waals surface area contributed by atoms with Gasteiger partial charge in [-0.25, -0.2) is 0 Å². The van der Waals surface area contributed by atoms with Gasteiger partial charge in [0.15, 0.2) is 12.6 Å². The second kappa shape index (κ2) is 13.3. The van der Waals surface area contributed by atoms with E-state index in [1.807, 2.05) is 0 Å². The molecule has 1 amide bonds. The number of nitrogens with two attached hydrogens (primary N) is 4. The molecule has 1 saturated carbocycles. The highest BCUT2D eigenvalue weighted by Gasteiger charge is 2.51. The summed E-state index contributed by atoms with van der Waals surface area (Å²) in [6, 6.07) is -2.86. The molecule has 0 aromatic rings. The lowest BCUT2D eigenvalue weighted by Crippen LogP contribution is -2.67. The number of aliphatic hydroxyl groups is 6. The zero-order valence-electron chi connectivity index (χ0n) is 20.4. The first-order valence-corrected chi connectivity index (χ1v) is 12.4. The molecular formula is C21H41N5O11. The number of ether oxygens (including phenoxy) is 4. The number of nitrogens with one attached hydrogen (secondary N) is 1. The van der Waals surface area contributed by atoms with E-state index in [9.17, 15) is 35.4 Å². The summed E-state index contributed by atoms with van der Waals surface area (Å²) in [5, 5.41) is 63.9. The molecule has 0 bridgehead atoms. The van der Waals surface area contributed by atoms with E-state index in [0.717, 1.165) is 0 Å². The Kier molecular flexibility index (Phi) is 11.0. The molecule has 0 spiro atoms. The van der Waals surface area contributed by atoms with Crippen molar-refractivity contribution in [1.82, 2.24) is 5.32 Å². The molecule has 0 radical (unpaired) electrons. The lowest BCUT2D eigenvalue weighted by atomic mass is 9.83. The first-order valence-electron chi connectivity index (χ1n) is 12.4. The molecule has 14 atom stereocenters. The van der Waals surface area contributed by atoms with Crippen molar-refractivity contribution in [1.29, 1.82) is 0 Å². The lowest BCUT2D eigenvalue weighted by Gasteiger charge is -2.47. The Labute approximate surface area is 213 Å². The van der Waals surface area contributed by atoms with Crippen molar-refractivity contribution in [2.75, 3.05) is 19.7 Å². The summed E-state index contributed by atoms with van der Waals surface area (Å²) in [4.78, 5) is 12.5. The third-order valence-corrected chi connectivity index (χ3v) is 7.02. The average Bonchev–Trinajstić information content (AvgIpc) is 3.14. The number of hydrogen-bond acceptors (Lipinski definition) is 15. The first kappa shape index (κ1) is 30.5. The van der Waals surface area contributed by atoms with Crippen LogP contribution in [0.1, 0.15) is 19.3 Å². The van der Waals surface area contributed by atoms with E-state index in [0.29, 0.717) is 0 Å². The van der Waals surface area contributed by atoms with Gasteiger partial charge in [0, 0.05) is 19.0 Å². The summed E-state index contributed by atoms with van der Waals surface area (Å²) in [6.45, 7) is -0.453. The summed E-state index contributed by atoms with van der Waals surface area (Å²) in [5.74, 6) is -0.782. The molecule has 3 fully saturated rings. The minimum atomic E-state index is -1.57. The van der Waals surface area contributed by atoms with E-state index >= 15 is 0 Å². The number of carbonyl (C=O) groups excluding carboxylic acids is 1. The summed E-state index contributed by atoms with van der Waals surface area (Å²) >= 11 is 0. The quantitative estimate of drug-likeness (QED) is 0.123. The first-order chi connectivity index (χ1) is 17.5. The third kappa shape index (κ3) is 6.92. The van der Waals surface area contributed by atoms with Gasteiger partial charge in [0.1, 0.15) is 42.7 Å². The summed E-state index contributed by atoms with van der Waals surface area (Å²) < 4.78 is 22.8. The van der Waals surface area contributed by atoms with Gasteiger partial charge in [-0.1, -0.05) is 0 Å². The van der Waals surface area contributed by atoms with Gasteiger partial charge in [-0.2, -0.15) is 0 Å². The third-order valence-electron chi connectivity index (χ3n) is 7.02. The minimum Gasteiger partial charge on any atom is -0.394 e. The van der Waals surface area contributed by atoms with Gasteiger partial charge < -0.3 is 77.8 Å². The Balaban J connectivity index is 1.80. The second-order valence-corrected chi connectivity index (χ2v) is 9.75. The molecule has 3 aliphatic rings. The molecule has 37 heavy (non-hydrogen) atoms. The Morgan fingerprint density at radius 1 is 0.973 bits per heavy atom. The number of hydrogen-bond donors (Lipinski definition) is 11. The van der Waals surface area contributed by atoms with Gasteiger partial charge in [-0.3, -0.25) is 4.79 Å². The van der Waals surface area contributed by atoms with Crippen LogP contribution in [0.4, 0.5) is 0 Å². The lowest BCUT2D eigenvalue weighted by molar-refractivity contribution is -0.283. The van der Waals surface area contributed by atoms with Crippen LogP contribution in [0.25, 0.3) is 0 Å². The maximum atomic E-state index is 12.5. The fourth-order valence-corrected chi connectivity index (χ4v) is 4.81. The standard InChI is InChI=1S/C21H41N5O11/c22-2-1-10(28)19(33)26-9-4-8(24)17(36-20-13(25)11(29)3-7(5-23)34-20)16(32)18(9)37-21-15(31)14(30)12(6-27)35-21/h7-18,20-21,27-32H,1-6,22-25H2,(H,26,33). The van der Waals surface area contributed by atoms with Crippen LogP contribution >= 0.6 is 0 Å². The van der Waals surface area contributed by atoms with Gasteiger partial charge >= 0.3 is 0 Å². The van der Waals surface area contributed by atoms with Gasteiger partial charge in [0.25, 0.3) is 0 Å². The van der Waals surface area contributed by atoms with Crippen molar-refractivity contribution in [3.8, 4) is 0 Å². The highest BCUT2D eigenvalue weighted by atomic mass is 16.7. The maximum absolute atomic E-state index is 12.5. The predicted octanol–water partition coefficient (Wildman–Crippen LogP) is -6.76. The smallest absolute Gasteiger partial charge is 0.249 e. The van der Waals surface area contributed by atoms with E-state index < -0.39 is 98.2 Å². The van der Waals surface area contributed by atoms with Crippen LogP contribution in [0.5, 0.6) is 0 Å². The van der Waals surface area contributed by atoms with Crippen LogP contribution < -0.4 is 28.3 Å². The van der Waals surface area contributed by atoms with Gasteiger partial charge in [-0.15, -0.1) is 0 Å². The van der Waals surface area contributed by atoms with E-state index in [2.05, 4.69) is 5.32 Å².